The van der Waals surface area contributed by atoms with Crippen LogP contribution in [0.4, 0.5) is 11.4 Å². The van der Waals surface area contributed by atoms with E-state index in [1.807, 2.05) is 30.8 Å². The minimum atomic E-state index is -0.219. The summed E-state index contributed by atoms with van der Waals surface area (Å²) in [6, 6.07) is 5.65. The maximum atomic E-state index is 12.5. The molecule has 0 aliphatic carbocycles. The van der Waals surface area contributed by atoms with Gasteiger partial charge in [-0.25, -0.2) is 0 Å². The number of rotatable bonds is 4. The zero-order chi connectivity index (χ0) is 17.1. The van der Waals surface area contributed by atoms with Crippen molar-refractivity contribution in [2.75, 3.05) is 34.8 Å². The second kappa shape index (κ2) is 7.49. The number of carbonyl (C=O) groups is 1. The van der Waals surface area contributed by atoms with Crippen molar-refractivity contribution in [2.45, 2.75) is 20.3 Å². The minimum Gasteiger partial charge on any atom is -0.369 e. The number of amides is 1. The lowest BCUT2D eigenvalue weighted by molar-refractivity contribution is 0.102. The predicted octanol–water partition coefficient (Wildman–Crippen LogP) is 4.00. The van der Waals surface area contributed by atoms with Crippen molar-refractivity contribution >= 4 is 40.6 Å². The van der Waals surface area contributed by atoms with Gasteiger partial charge in [0, 0.05) is 30.3 Å². The van der Waals surface area contributed by atoms with E-state index in [1.165, 1.54) is 0 Å². The van der Waals surface area contributed by atoms with E-state index in [1.54, 1.807) is 13.0 Å². The molecule has 0 unspecified atom stereocenters. The molecule has 1 aromatic heterocycles. The average Bonchev–Trinajstić information content (AvgIpc) is 2.96. The first-order chi connectivity index (χ1) is 11.6. The van der Waals surface area contributed by atoms with E-state index in [9.17, 15) is 4.79 Å². The van der Waals surface area contributed by atoms with Crippen molar-refractivity contribution in [3.8, 4) is 0 Å². The Balaban J connectivity index is 1.77. The van der Waals surface area contributed by atoms with Crippen molar-refractivity contribution < 1.29 is 9.32 Å². The Labute approximate surface area is 150 Å². The molecule has 1 saturated heterocycles. The van der Waals surface area contributed by atoms with Crippen LogP contribution in [0.3, 0.4) is 0 Å². The smallest absolute Gasteiger partial charge is 0.261 e. The first-order valence-electron chi connectivity index (χ1n) is 7.99. The number of benzene rings is 1. The number of carbonyl (C=O) groups excluding carboxylic acids is 1. The largest absolute Gasteiger partial charge is 0.369 e. The van der Waals surface area contributed by atoms with Gasteiger partial charge in [0.15, 0.2) is 0 Å². The fourth-order valence-corrected chi connectivity index (χ4v) is 3.99. The van der Waals surface area contributed by atoms with Crippen LogP contribution in [0, 0.1) is 6.92 Å². The number of thioether (sulfide) groups is 1. The van der Waals surface area contributed by atoms with Crippen LogP contribution in [-0.4, -0.2) is 35.7 Å². The topological polar surface area (TPSA) is 58.4 Å². The number of hydrogen-bond acceptors (Lipinski definition) is 5. The first kappa shape index (κ1) is 17.2. The summed E-state index contributed by atoms with van der Waals surface area (Å²) >= 11 is 8.39. The molecule has 1 amide bonds. The number of nitrogens with one attached hydrogen (secondary N) is 1. The van der Waals surface area contributed by atoms with Gasteiger partial charge in [0.1, 0.15) is 11.3 Å². The van der Waals surface area contributed by atoms with Crippen LogP contribution in [-0.2, 0) is 6.42 Å². The van der Waals surface area contributed by atoms with Gasteiger partial charge in [-0.3, -0.25) is 4.79 Å². The molecule has 2 heterocycles. The summed E-state index contributed by atoms with van der Waals surface area (Å²) in [4.78, 5) is 14.8. The third-order valence-corrected chi connectivity index (χ3v) is 5.30. The number of anilines is 2. The van der Waals surface area contributed by atoms with Gasteiger partial charge >= 0.3 is 0 Å². The molecule has 1 N–H and O–H groups in total. The van der Waals surface area contributed by atoms with E-state index in [4.69, 9.17) is 16.1 Å². The highest BCUT2D eigenvalue weighted by molar-refractivity contribution is 7.99. The fraction of sp³-hybridized carbons (Fsp3) is 0.412. The Kier molecular flexibility index (Phi) is 5.36. The van der Waals surface area contributed by atoms with Gasteiger partial charge in [0.05, 0.1) is 16.4 Å². The molecule has 128 valence electrons. The summed E-state index contributed by atoms with van der Waals surface area (Å²) in [5.74, 6) is 2.53. The van der Waals surface area contributed by atoms with Crippen molar-refractivity contribution in [1.82, 2.24) is 5.16 Å². The third-order valence-electron chi connectivity index (χ3n) is 4.05. The molecule has 1 fully saturated rings. The summed E-state index contributed by atoms with van der Waals surface area (Å²) in [7, 11) is 0. The quantitative estimate of drug-likeness (QED) is 0.887. The molecule has 7 heteroatoms. The summed E-state index contributed by atoms with van der Waals surface area (Å²) < 4.78 is 5.12. The van der Waals surface area contributed by atoms with Crippen LogP contribution in [0.25, 0.3) is 0 Å². The van der Waals surface area contributed by atoms with Gasteiger partial charge in [-0.2, -0.15) is 11.8 Å². The van der Waals surface area contributed by atoms with Crippen LogP contribution in [0.5, 0.6) is 0 Å². The van der Waals surface area contributed by atoms with E-state index in [-0.39, 0.29) is 5.91 Å². The number of nitrogens with zero attached hydrogens (tertiary/aromatic N) is 2. The van der Waals surface area contributed by atoms with Gasteiger partial charge in [0.25, 0.3) is 5.91 Å². The van der Waals surface area contributed by atoms with Crippen molar-refractivity contribution in [3.05, 3.63) is 40.2 Å². The Morgan fingerprint density at radius 1 is 1.42 bits per heavy atom. The SMILES string of the molecule is CCc1noc(C)c1C(=O)Nc1ccc(N2CCSCC2)c(Cl)c1. The summed E-state index contributed by atoms with van der Waals surface area (Å²) in [6.45, 7) is 5.67. The summed E-state index contributed by atoms with van der Waals surface area (Å²) in [5, 5.41) is 7.45. The molecule has 0 spiro atoms. The van der Waals surface area contributed by atoms with Crippen molar-refractivity contribution in [2.24, 2.45) is 0 Å². The van der Waals surface area contributed by atoms with Gasteiger partial charge in [-0.15, -0.1) is 0 Å². The molecule has 0 radical (unpaired) electrons. The number of halogens is 1. The predicted molar refractivity (Wildman–Crippen MR) is 99.6 cm³/mol. The molecule has 24 heavy (non-hydrogen) atoms. The molecule has 2 aromatic rings. The fourth-order valence-electron chi connectivity index (χ4n) is 2.79. The van der Waals surface area contributed by atoms with Crippen LogP contribution in [0.1, 0.15) is 28.7 Å². The number of aryl methyl sites for hydroxylation is 2. The second-order valence-corrected chi connectivity index (χ2v) is 7.27. The Morgan fingerprint density at radius 2 is 2.17 bits per heavy atom. The lowest BCUT2D eigenvalue weighted by Crippen LogP contribution is -2.32. The Morgan fingerprint density at radius 3 is 2.83 bits per heavy atom. The molecule has 1 aliphatic heterocycles. The monoisotopic (exact) mass is 365 g/mol. The van der Waals surface area contributed by atoms with E-state index in [0.717, 1.165) is 30.3 Å². The molecule has 1 aromatic carbocycles. The molecule has 0 saturated carbocycles. The van der Waals surface area contributed by atoms with Crippen LogP contribution in [0.15, 0.2) is 22.7 Å². The second-order valence-electron chi connectivity index (χ2n) is 5.63. The highest BCUT2D eigenvalue weighted by Crippen LogP contribution is 2.31. The molecular weight excluding hydrogens is 346 g/mol. The summed E-state index contributed by atoms with van der Waals surface area (Å²) in [5.41, 5.74) is 2.86. The van der Waals surface area contributed by atoms with Gasteiger partial charge in [-0.1, -0.05) is 23.7 Å². The lowest BCUT2D eigenvalue weighted by atomic mass is 10.1. The Hall–Kier alpha value is -1.66. The average molecular weight is 366 g/mol. The van der Waals surface area contributed by atoms with Crippen molar-refractivity contribution in [3.63, 3.8) is 0 Å². The lowest BCUT2D eigenvalue weighted by Gasteiger charge is -2.29. The zero-order valence-corrected chi connectivity index (χ0v) is 15.3. The van der Waals surface area contributed by atoms with E-state index in [2.05, 4.69) is 15.4 Å². The van der Waals surface area contributed by atoms with Gasteiger partial charge in [-0.05, 0) is 31.5 Å². The summed E-state index contributed by atoms with van der Waals surface area (Å²) in [6.07, 6.45) is 0.646. The van der Waals surface area contributed by atoms with Crippen LogP contribution < -0.4 is 10.2 Å². The molecule has 0 atom stereocenters. The molecule has 0 bridgehead atoms. The maximum Gasteiger partial charge on any atom is 0.261 e. The first-order valence-corrected chi connectivity index (χ1v) is 9.52. The molecular formula is C17H20ClN3O2S. The third kappa shape index (κ3) is 3.54. The van der Waals surface area contributed by atoms with E-state index in [0.29, 0.717) is 34.1 Å². The van der Waals surface area contributed by atoms with Crippen LogP contribution >= 0.6 is 23.4 Å². The maximum absolute atomic E-state index is 12.5. The molecule has 1 aliphatic rings. The van der Waals surface area contributed by atoms with Crippen molar-refractivity contribution in [1.29, 1.82) is 0 Å². The highest BCUT2D eigenvalue weighted by Gasteiger charge is 2.20. The number of aromatic nitrogens is 1. The standard InChI is InChI=1S/C17H20ClN3O2S/c1-3-14-16(11(2)23-20-14)17(22)19-12-4-5-15(13(18)10-12)21-6-8-24-9-7-21/h4-5,10H,3,6-9H2,1-2H3,(H,19,22). The van der Waals surface area contributed by atoms with Gasteiger partial charge in [0.2, 0.25) is 0 Å². The zero-order valence-electron chi connectivity index (χ0n) is 13.8. The highest BCUT2D eigenvalue weighted by atomic mass is 35.5. The molecule has 3 rings (SSSR count). The number of hydrogen-bond donors (Lipinski definition) is 1. The van der Waals surface area contributed by atoms with Gasteiger partial charge < -0.3 is 14.7 Å². The minimum absolute atomic E-state index is 0.219. The van der Waals surface area contributed by atoms with E-state index < -0.39 is 0 Å². The van der Waals surface area contributed by atoms with E-state index >= 15 is 0 Å². The molecule has 5 nitrogen and oxygen atoms in total. The van der Waals surface area contributed by atoms with Crippen LogP contribution in [0.2, 0.25) is 5.02 Å². The Bertz CT molecular complexity index is 741. The normalized spacial score (nSPS) is 14.7.